The van der Waals surface area contributed by atoms with E-state index < -0.39 is 5.41 Å². The Kier molecular flexibility index (Phi) is 5.45. The highest BCUT2D eigenvalue weighted by Gasteiger charge is 2.58. The minimum Gasteiger partial charge on any atom is -0.491 e. The molecule has 1 fully saturated rings. The summed E-state index contributed by atoms with van der Waals surface area (Å²) in [5.41, 5.74) is 0.764. The summed E-state index contributed by atoms with van der Waals surface area (Å²) in [5, 5.41) is 0. The Labute approximate surface area is 199 Å². The molecule has 1 unspecified atom stereocenters. The number of hydrogen-bond donors (Lipinski definition) is 0. The lowest BCUT2D eigenvalue weighted by molar-refractivity contribution is -0.122. The minimum atomic E-state index is -1.05. The molecule has 33 heavy (non-hydrogen) atoms. The molecule has 0 saturated carbocycles. The number of carbonyl (C=O) groups is 1. The number of hydrogen-bond acceptors (Lipinski definition) is 5. The molecule has 1 saturated heterocycles. The molecule has 0 aliphatic carbocycles. The van der Waals surface area contributed by atoms with Crippen LogP contribution in [0.1, 0.15) is 37.8 Å². The SMILES string of the molecule is CC(C)N1CCC(CN2C(=O)C3(COc4cc5c(cc43)OCO5)c3cccc(F)c32)CC1.Cl. The number of amides is 1. The van der Waals surface area contributed by atoms with E-state index in [0.29, 0.717) is 47.0 Å². The molecular weight excluding hydrogens is 447 g/mol. The van der Waals surface area contributed by atoms with Gasteiger partial charge in [0, 0.05) is 29.8 Å². The van der Waals surface area contributed by atoms with Crippen molar-refractivity contribution in [1.82, 2.24) is 4.90 Å². The molecule has 2 aromatic carbocycles. The van der Waals surface area contributed by atoms with Crippen molar-refractivity contribution >= 4 is 24.0 Å². The van der Waals surface area contributed by atoms with E-state index in [1.165, 1.54) is 6.07 Å². The van der Waals surface area contributed by atoms with Gasteiger partial charge in [-0.15, -0.1) is 12.4 Å². The van der Waals surface area contributed by atoms with Gasteiger partial charge in [-0.1, -0.05) is 12.1 Å². The van der Waals surface area contributed by atoms with Gasteiger partial charge in [-0.25, -0.2) is 4.39 Å². The second kappa shape index (κ2) is 8.06. The molecule has 6 nitrogen and oxygen atoms in total. The molecule has 4 aliphatic rings. The lowest BCUT2D eigenvalue weighted by Crippen LogP contribution is -2.46. The summed E-state index contributed by atoms with van der Waals surface area (Å²) in [7, 11) is 0. The van der Waals surface area contributed by atoms with Crippen LogP contribution in [-0.4, -0.2) is 49.9 Å². The monoisotopic (exact) mass is 474 g/mol. The Balaban J connectivity index is 0.00000228. The van der Waals surface area contributed by atoms with Gasteiger partial charge in [-0.05, 0) is 57.8 Å². The van der Waals surface area contributed by atoms with Gasteiger partial charge in [0.15, 0.2) is 11.5 Å². The van der Waals surface area contributed by atoms with Crippen molar-refractivity contribution in [2.75, 3.05) is 37.9 Å². The zero-order valence-corrected chi connectivity index (χ0v) is 19.6. The number of ether oxygens (including phenoxy) is 3. The second-order valence-corrected chi connectivity index (χ2v) is 9.52. The average molecular weight is 475 g/mol. The topological polar surface area (TPSA) is 51.2 Å². The fraction of sp³-hybridized carbons (Fsp3) is 0.480. The van der Waals surface area contributed by atoms with Crippen LogP contribution in [0.15, 0.2) is 30.3 Å². The first-order valence-electron chi connectivity index (χ1n) is 11.4. The van der Waals surface area contributed by atoms with E-state index in [1.54, 1.807) is 17.0 Å². The molecule has 6 rings (SSSR count). The smallest absolute Gasteiger partial charge is 0.245 e. The second-order valence-electron chi connectivity index (χ2n) is 9.52. The molecule has 0 radical (unpaired) electrons. The maximum absolute atomic E-state index is 15.2. The highest BCUT2D eigenvalue weighted by molar-refractivity contribution is 6.11. The molecule has 0 N–H and O–H groups in total. The third-order valence-electron chi connectivity index (χ3n) is 7.53. The Morgan fingerprint density at radius 2 is 1.79 bits per heavy atom. The van der Waals surface area contributed by atoms with Gasteiger partial charge in [-0.2, -0.15) is 0 Å². The van der Waals surface area contributed by atoms with Crippen LogP contribution in [0.5, 0.6) is 17.2 Å². The van der Waals surface area contributed by atoms with Crippen LogP contribution in [0.2, 0.25) is 0 Å². The molecule has 8 heteroatoms. The highest BCUT2D eigenvalue weighted by Crippen LogP contribution is 2.55. The van der Waals surface area contributed by atoms with Gasteiger partial charge in [0.05, 0.1) is 5.69 Å². The molecule has 1 spiro atoms. The van der Waals surface area contributed by atoms with E-state index >= 15 is 4.39 Å². The van der Waals surface area contributed by atoms with Gasteiger partial charge in [0.25, 0.3) is 0 Å². The van der Waals surface area contributed by atoms with Crippen LogP contribution in [0.3, 0.4) is 0 Å². The molecule has 2 aromatic rings. The largest absolute Gasteiger partial charge is 0.491 e. The van der Waals surface area contributed by atoms with Crippen LogP contribution in [0.4, 0.5) is 10.1 Å². The molecule has 4 aliphatic heterocycles. The fourth-order valence-corrected chi connectivity index (χ4v) is 5.71. The molecule has 176 valence electrons. The van der Waals surface area contributed by atoms with E-state index in [2.05, 4.69) is 18.7 Å². The van der Waals surface area contributed by atoms with Crippen LogP contribution < -0.4 is 19.1 Å². The number of anilines is 1. The lowest BCUT2D eigenvalue weighted by atomic mass is 9.77. The average Bonchev–Trinajstić information content (AvgIpc) is 3.46. The summed E-state index contributed by atoms with van der Waals surface area (Å²) >= 11 is 0. The molecular formula is C25H28ClFN2O4. The normalized spacial score (nSPS) is 23.6. The van der Waals surface area contributed by atoms with Gasteiger partial charge < -0.3 is 24.0 Å². The molecule has 0 bridgehead atoms. The number of fused-ring (bicyclic) bond motifs is 5. The number of para-hydroxylation sites is 1. The van der Waals surface area contributed by atoms with Crippen LogP contribution in [0.25, 0.3) is 0 Å². The fourth-order valence-electron chi connectivity index (χ4n) is 5.71. The van der Waals surface area contributed by atoms with Crippen LogP contribution >= 0.6 is 12.4 Å². The van der Waals surface area contributed by atoms with Crippen molar-refractivity contribution in [3.05, 3.63) is 47.3 Å². The Bertz CT molecular complexity index is 1100. The van der Waals surface area contributed by atoms with E-state index in [1.807, 2.05) is 12.1 Å². The van der Waals surface area contributed by atoms with E-state index in [9.17, 15) is 4.79 Å². The molecule has 4 heterocycles. The van der Waals surface area contributed by atoms with Crippen molar-refractivity contribution in [3.63, 3.8) is 0 Å². The Hall–Kier alpha value is -2.51. The van der Waals surface area contributed by atoms with E-state index in [-0.39, 0.29) is 37.5 Å². The molecule has 1 amide bonds. The Morgan fingerprint density at radius 3 is 2.52 bits per heavy atom. The number of nitrogens with zero attached hydrogens (tertiary/aromatic N) is 2. The van der Waals surface area contributed by atoms with Crippen molar-refractivity contribution in [2.45, 2.75) is 38.1 Å². The van der Waals surface area contributed by atoms with Gasteiger partial charge in [0.2, 0.25) is 12.7 Å². The third kappa shape index (κ3) is 3.20. The number of piperidine rings is 1. The van der Waals surface area contributed by atoms with Gasteiger partial charge in [0.1, 0.15) is 23.6 Å². The molecule has 1 atom stereocenters. The maximum atomic E-state index is 15.2. The van der Waals surface area contributed by atoms with Gasteiger partial charge in [-0.3, -0.25) is 4.79 Å². The minimum absolute atomic E-state index is 0. The van der Waals surface area contributed by atoms with E-state index in [0.717, 1.165) is 31.5 Å². The predicted molar refractivity (Wildman–Crippen MR) is 124 cm³/mol. The van der Waals surface area contributed by atoms with Gasteiger partial charge >= 0.3 is 0 Å². The summed E-state index contributed by atoms with van der Waals surface area (Å²) < 4.78 is 32.2. The summed E-state index contributed by atoms with van der Waals surface area (Å²) in [6, 6.07) is 9.12. The van der Waals surface area contributed by atoms with Crippen LogP contribution in [-0.2, 0) is 10.2 Å². The summed E-state index contributed by atoms with van der Waals surface area (Å²) in [5.74, 6) is 1.68. The Morgan fingerprint density at radius 1 is 1.06 bits per heavy atom. The third-order valence-corrected chi connectivity index (χ3v) is 7.53. The van der Waals surface area contributed by atoms with Crippen molar-refractivity contribution in [3.8, 4) is 17.2 Å². The number of benzene rings is 2. The number of carbonyl (C=O) groups excluding carboxylic acids is 1. The zero-order chi connectivity index (χ0) is 22.0. The number of likely N-dealkylation sites (tertiary alicyclic amines) is 1. The number of halogens is 2. The standard InChI is InChI=1S/C25H27FN2O4.ClH/c1-15(2)27-8-6-16(7-9-27)12-28-23-17(4-3-5-19(23)26)25(24(28)29)13-30-20-11-22-21(10-18(20)25)31-14-32-22;/h3-5,10-11,15-16H,6-9,12-14H2,1-2H3;1H. The van der Waals surface area contributed by atoms with Crippen molar-refractivity contribution in [2.24, 2.45) is 5.92 Å². The quantitative estimate of drug-likeness (QED) is 0.669. The molecule has 0 aromatic heterocycles. The van der Waals surface area contributed by atoms with Crippen molar-refractivity contribution in [1.29, 1.82) is 0 Å². The van der Waals surface area contributed by atoms with Crippen molar-refractivity contribution < 1.29 is 23.4 Å². The summed E-state index contributed by atoms with van der Waals surface area (Å²) in [6.45, 7) is 7.27. The lowest BCUT2D eigenvalue weighted by Gasteiger charge is -2.36. The first-order chi connectivity index (χ1) is 15.5. The first kappa shape index (κ1) is 22.3. The summed E-state index contributed by atoms with van der Waals surface area (Å²) in [4.78, 5) is 18.2. The van der Waals surface area contributed by atoms with Crippen LogP contribution in [0, 0.1) is 11.7 Å². The maximum Gasteiger partial charge on any atom is 0.245 e. The summed E-state index contributed by atoms with van der Waals surface area (Å²) in [6.07, 6.45) is 2.01. The number of rotatable bonds is 3. The zero-order valence-electron chi connectivity index (χ0n) is 18.8. The van der Waals surface area contributed by atoms with E-state index in [4.69, 9.17) is 14.2 Å². The predicted octanol–water partition coefficient (Wildman–Crippen LogP) is 4.12. The first-order valence-corrected chi connectivity index (χ1v) is 11.4. The highest BCUT2D eigenvalue weighted by atomic mass is 35.5.